The number of nitrogens with two attached hydrogens (primary N) is 1. The van der Waals surface area contributed by atoms with E-state index < -0.39 is 5.82 Å². The maximum atomic E-state index is 14.2. The molecule has 9 heteroatoms. The molecule has 2 heterocycles. The van der Waals surface area contributed by atoms with E-state index in [2.05, 4.69) is 20.5 Å². The molecule has 0 bridgehead atoms. The normalized spacial score (nSPS) is 10.6. The molecule has 0 amide bonds. The van der Waals surface area contributed by atoms with Crippen molar-refractivity contribution in [2.75, 3.05) is 31.4 Å². The summed E-state index contributed by atoms with van der Waals surface area (Å²) in [6, 6.07) is 9.24. The van der Waals surface area contributed by atoms with Crippen LogP contribution < -0.4 is 15.8 Å². The number of hydrogen-bond donors (Lipinski definition) is 2. The Labute approximate surface area is 160 Å². The maximum Gasteiger partial charge on any atom is 0.257 e. The summed E-state index contributed by atoms with van der Waals surface area (Å²) >= 11 is 5.98. The highest BCUT2D eigenvalue weighted by Gasteiger charge is 2.14. The maximum absolute atomic E-state index is 14.2. The minimum atomic E-state index is -0.458. The van der Waals surface area contributed by atoms with Crippen molar-refractivity contribution >= 4 is 28.8 Å². The lowest BCUT2D eigenvalue weighted by atomic mass is 10.1. The third-order valence-corrected chi connectivity index (χ3v) is 3.79. The van der Waals surface area contributed by atoms with Crippen molar-refractivity contribution in [3.8, 4) is 17.1 Å². The molecule has 0 atom stereocenters. The Balaban J connectivity index is 1.99. The number of ether oxygens (including phenoxy) is 2. The molecule has 3 rings (SSSR count). The first kappa shape index (κ1) is 18.8. The summed E-state index contributed by atoms with van der Waals surface area (Å²) in [6.45, 7) is 0.664. The molecule has 2 aromatic heterocycles. The SMILES string of the molecule is COCCOc1nnc(-c2cc(Cl)ccc2F)cc1Nc1ccnc(N)c1. The van der Waals surface area contributed by atoms with Gasteiger partial charge in [-0.05, 0) is 30.3 Å². The fourth-order valence-electron chi connectivity index (χ4n) is 2.31. The highest BCUT2D eigenvalue weighted by atomic mass is 35.5. The van der Waals surface area contributed by atoms with Crippen molar-refractivity contribution < 1.29 is 13.9 Å². The molecule has 1 aromatic carbocycles. The van der Waals surface area contributed by atoms with Crippen molar-refractivity contribution in [1.82, 2.24) is 15.2 Å². The topological polar surface area (TPSA) is 95.2 Å². The molecule has 140 valence electrons. The average molecular weight is 390 g/mol. The zero-order valence-electron chi connectivity index (χ0n) is 14.4. The summed E-state index contributed by atoms with van der Waals surface area (Å²) in [6.07, 6.45) is 1.56. The standard InChI is InChI=1S/C18H17ClFN5O2/c1-26-6-7-27-18-16(23-12-4-5-22-17(21)9-12)10-15(24-25-18)13-8-11(19)2-3-14(13)20/h2-5,8-10H,6-7H2,1H3,(H3,21,22,23,24). The molecular weight excluding hydrogens is 373 g/mol. The van der Waals surface area contributed by atoms with Gasteiger partial charge in [0.25, 0.3) is 5.88 Å². The zero-order valence-corrected chi connectivity index (χ0v) is 15.2. The zero-order chi connectivity index (χ0) is 19.2. The second kappa shape index (κ2) is 8.61. The molecule has 0 aliphatic heterocycles. The molecule has 0 radical (unpaired) electrons. The summed E-state index contributed by atoms with van der Waals surface area (Å²) in [5.41, 5.74) is 7.41. The number of anilines is 3. The van der Waals surface area contributed by atoms with E-state index in [1.165, 1.54) is 18.2 Å². The second-order valence-corrected chi connectivity index (χ2v) is 5.94. The van der Waals surface area contributed by atoms with E-state index in [1.807, 2.05) is 0 Å². The van der Waals surface area contributed by atoms with E-state index in [1.54, 1.807) is 31.5 Å². The monoisotopic (exact) mass is 389 g/mol. The predicted octanol–water partition coefficient (Wildman–Crippen LogP) is 3.68. The van der Waals surface area contributed by atoms with Gasteiger partial charge in [0.05, 0.1) is 12.3 Å². The number of nitrogens with one attached hydrogen (secondary N) is 1. The van der Waals surface area contributed by atoms with Crippen LogP contribution in [0.1, 0.15) is 0 Å². The van der Waals surface area contributed by atoms with Gasteiger partial charge in [-0.2, -0.15) is 0 Å². The van der Waals surface area contributed by atoms with Crippen molar-refractivity contribution in [2.24, 2.45) is 0 Å². The minimum Gasteiger partial charge on any atom is -0.473 e. The number of rotatable bonds is 7. The van der Waals surface area contributed by atoms with Gasteiger partial charge in [-0.1, -0.05) is 11.6 Å². The molecule has 0 spiro atoms. The third-order valence-electron chi connectivity index (χ3n) is 3.55. The van der Waals surface area contributed by atoms with Crippen molar-refractivity contribution in [1.29, 1.82) is 0 Å². The van der Waals surface area contributed by atoms with Crippen LogP contribution >= 0.6 is 11.6 Å². The molecule has 3 N–H and O–H groups in total. The Kier molecular flexibility index (Phi) is 6.00. The summed E-state index contributed by atoms with van der Waals surface area (Å²) in [5.74, 6) is 0.138. The predicted molar refractivity (Wildman–Crippen MR) is 102 cm³/mol. The number of benzene rings is 1. The van der Waals surface area contributed by atoms with E-state index in [9.17, 15) is 4.39 Å². The number of methoxy groups -OCH3 is 1. The first-order valence-electron chi connectivity index (χ1n) is 8.00. The smallest absolute Gasteiger partial charge is 0.257 e. The second-order valence-electron chi connectivity index (χ2n) is 5.51. The minimum absolute atomic E-state index is 0.232. The molecule has 0 saturated heterocycles. The molecule has 0 aliphatic rings. The number of aromatic nitrogens is 3. The molecule has 0 unspecified atom stereocenters. The summed E-state index contributed by atoms with van der Waals surface area (Å²) in [7, 11) is 1.57. The molecule has 7 nitrogen and oxygen atoms in total. The van der Waals surface area contributed by atoms with Gasteiger partial charge in [0.1, 0.15) is 23.9 Å². The molecular formula is C18H17ClFN5O2. The van der Waals surface area contributed by atoms with Gasteiger partial charge >= 0.3 is 0 Å². The molecule has 3 aromatic rings. The van der Waals surface area contributed by atoms with E-state index >= 15 is 0 Å². The Bertz CT molecular complexity index is 941. The lowest BCUT2D eigenvalue weighted by molar-refractivity contribution is 0.143. The molecule has 27 heavy (non-hydrogen) atoms. The van der Waals surface area contributed by atoms with Gasteiger partial charge in [0.2, 0.25) is 0 Å². The molecule has 0 aliphatic carbocycles. The Hall–Kier alpha value is -2.97. The van der Waals surface area contributed by atoms with Gasteiger partial charge in [-0.25, -0.2) is 9.37 Å². The van der Waals surface area contributed by atoms with Crippen LogP contribution in [0.5, 0.6) is 5.88 Å². The van der Waals surface area contributed by atoms with Gasteiger partial charge < -0.3 is 20.5 Å². The van der Waals surface area contributed by atoms with Gasteiger partial charge in [0, 0.05) is 35.6 Å². The van der Waals surface area contributed by atoms with Crippen LogP contribution in [-0.2, 0) is 4.74 Å². The number of hydrogen-bond acceptors (Lipinski definition) is 7. The first-order valence-corrected chi connectivity index (χ1v) is 8.38. The van der Waals surface area contributed by atoms with Gasteiger partial charge in [0.15, 0.2) is 0 Å². The van der Waals surface area contributed by atoms with Crippen molar-refractivity contribution in [3.05, 3.63) is 53.4 Å². The number of pyridine rings is 1. The lowest BCUT2D eigenvalue weighted by Crippen LogP contribution is -2.08. The van der Waals surface area contributed by atoms with Gasteiger partial charge in [-0.15, -0.1) is 10.2 Å². The van der Waals surface area contributed by atoms with Crippen molar-refractivity contribution in [3.63, 3.8) is 0 Å². The molecule has 0 fully saturated rings. The number of halogens is 2. The quantitative estimate of drug-likeness (QED) is 0.595. The van der Waals surface area contributed by atoms with E-state index in [-0.39, 0.29) is 18.1 Å². The fraction of sp³-hybridized carbons (Fsp3) is 0.167. The van der Waals surface area contributed by atoms with Crippen LogP contribution in [0.2, 0.25) is 5.02 Å². The number of nitrogen functional groups attached to an aromatic ring is 1. The Morgan fingerprint density at radius 2 is 2.00 bits per heavy atom. The third kappa shape index (κ3) is 4.81. The van der Waals surface area contributed by atoms with E-state index in [4.69, 9.17) is 26.8 Å². The Morgan fingerprint density at radius 3 is 2.78 bits per heavy atom. The van der Waals surface area contributed by atoms with Crippen molar-refractivity contribution in [2.45, 2.75) is 0 Å². The summed E-state index contributed by atoms with van der Waals surface area (Å²) in [4.78, 5) is 3.95. The fourth-order valence-corrected chi connectivity index (χ4v) is 2.48. The van der Waals surface area contributed by atoms with Crippen LogP contribution in [-0.4, -0.2) is 35.5 Å². The van der Waals surface area contributed by atoms with Crippen LogP contribution in [0, 0.1) is 5.82 Å². The van der Waals surface area contributed by atoms with Crippen LogP contribution in [0.4, 0.5) is 21.6 Å². The van der Waals surface area contributed by atoms with Crippen LogP contribution in [0.15, 0.2) is 42.6 Å². The number of nitrogens with zero attached hydrogens (tertiary/aromatic N) is 3. The highest BCUT2D eigenvalue weighted by Crippen LogP contribution is 2.31. The Morgan fingerprint density at radius 1 is 1.15 bits per heavy atom. The summed E-state index contributed by atoms with van der Waals surface area (Å²) in [5, 5.41) is 11.7. The van der Waals surface area contributed by atoms with E-state index in [0.717, 1.165) is 0 Å². The first-order chi connectivity index (χ1) is 13.1. The average Bonchev–Trinajstić information content (AvgIpc) is 2.65. The van der Waals surface area contributed by atoms with Gasteiger partial charge in [-0.3, -0.25) is 0 Å². The van der Waals surface area contributed by atoms with Crippen LogP contribution in [0.3, 0.4) is 0 Å². The largest absolute Gasteiger partial charge is 0.473 e. The summed E-state index contributed by atoms with van der Waals surface area (Å²) < 4.78 is 24.8. The highest BCUT2D eigenvalue weighted by molar-refractivity contribution is 6.30. The molecule has 0 saturated carbocycles. The lowest BCUT2D eigenvalue weighted by Gasteiger charge is -2.13. The van der Waals surface area contributed by atoms with E-state index in [0.29, 0.717) is 34.5 Å². The van der Waals surface area contributed by atoms with Crippen LogP contribution in [0.25, 0.3) is 11.3 Å².